The lowest BCUT2D eigenvalue weighted by molar-refractivity contribution is -0.137. The van der Waals surface area contributed by atoms with E-state index in [4.69, 9.17) is 16.7 Å². The second-order valence-corrected chi connectivity index (χ2v) is 8.05. The highest BCUT2D eigenvalue weighted by Gasteiger charge is 2.37. The number of aryl methyl sites for hydroxylation is 1. The van der Waals surface area contributed by atoms with Crippen molar-refractivity contribution >= 4 is 23.5 Å². The SMILES string of the molecule is CN1CCN([C@H]2CCN(C(=O)c3nn(C)cc3Cl)C[C@H]2CCC(=O)O)CC1. The predicted molar refractivity (Wildman–Crippen MR) is 102 cm³/mol. The normalized spacial score (nSPS) is 24.9. The highest BCUT2D eigenvalue weighted by Crippen LogP contribution is 2.28. The third-order valence-electron chi connectivity index (χ3n) is 5.70. The van der Waals surface area contributed by atoms with Crippen molar-refractivity contribution < 1.29 is 14.7 Å². The van der Waals surface area contributed by atoms with Crippen LogP contribution in [0, 0.1) is 5.92 Å². The first kappa shape index (κ1) is 20.1. The average Bonchev–Trinajstić information content (AvgIpc) is 2.98. The molecule has 0 aromatic carbocycles. The molecule has 2 fully saturated rings. The van der Waals surface area contributed by atoms with E-state index in [9.17, 15) is 9.59 Å². The number of likely N-dealkylation sites (N-methyl/N-ethyl adjacent to an activating group) is 1. The molecule has 1 aromatic rings. The Bertz CT molecular complexity index is 687. The molecule has 0 saturated carbocycles. The van der Waals surface area contributed by atoms with E-state index in [-0.39, 0.29) is 23.9 Å². The van der Waals surface area contributed by atoms with Crippen LogP contribution in [0.25, 0.3) is 0 Å². The number of aromatic nitrogens is 2. The second-order valence-electron chi connectivity index (χ2n) is 7.64. The van der Waals surface area contributed by atoms with Crippen molar-refractivity contribution in [3.63, 3.8) is 0 Å². The first-order valence-electron chi connectivity index (χ1n) is 9.48. The third kappa shape index (κ3) is 4.80. The second kappa shape index (κ2) is 8.58. The Morgan fingerprint density at radius 3 is 2.52 bits per heavy atom. The van der Waals surface area contributed by atoms with Gasteiger partial charge in [0.2, 0.25) is 0 Å². The number of aliphatic carboxylic acids is 1. The Hall–Kier alpha value is -1.64. The molecule has 0 bridgehead atoms. The number of halogens is 1. The lowest BCUT2D eigenvalue weighted by atomic mass is 9.86. The monoisotopic (exact) mass is 397 g/mol. The van der Waals surface area contributed by atoms with Crippen molar-refractivity contribution in [3.8, 4) is 0 Å². The van der Waals surface area contributed by atoms with Crippen LogP contribution in [-0.2, 0) is 11.8 Å². The van der Waals surface area contributed by atoms with E-state index < -0.39 is 5.97 Å². The number of nitrogens with zero attached hydrogens (tertiary/aromatic N) is 5. The van der Waals surface area contributed by atoms with E-state index in [0.717, 1.165) is 32.6 Å². The van der Waals surface area contributed by atoms with Gasteiger partial charge in [-0.1, -0.05) is 11.6 Å². The Kier molecular flexibility index (Phi) is 6.39. The number of piperidine rings is 1. The van der Waals surface area contributed by atoms with E-state index in [2.05, 4.69) is 21.9 Å². The number of hydrogen-bond acceptors (Lipinski definition) is 5. The Morgan fingerprint density at radius 1 is 1.22 bits per heavy atom. The molecular formula is C18H28ClN5O3. The molecule has 1 amide bonds. The molecule has 0 unspecified atom stereocenters. The van der Waals surface area contributed by atoms with Crippen LogP contribution in [0.1, 0.15) is 29.8 Å². The summed E-state index contributed by atoms with van der Waals surface area (Å²) in [6.45, 7) is 5.22. The Balaban J connectivity index is 1.71. The van der Waals surface area contributed by atoms with Crippen LogP contribution in [0.5, 0.6) is 0 Å². The molecule has 2 atom stereocenters. The molecule has 3 heterocycles. The van der Waals surface area contributed by atoms with Crippen molar-refractivity contribution in [1.82, 2.24) is 24.5 Å². The predicted octanol–water partition coefficient (Wildman–Crippen LogP) is 1.02. The van der Waals surface area contributed by atoms with Crippen LogP contribution < -0.4 is 0 Å². The summed E-state index contributed by atoms with van der Waals surface area (Å²) < 4.78 is 1.54. The van der Waals surface area contributed by atoms with Gasteiger partial charge in [0.25, 0.3) is 5.91 Å². The molecule has 0 aliphatic carbocycles. The van der Waals surface area contributed by atoms with Gasteiger partial charge in [0.05, 0.1) is 5.02 Å². The minimum atomic E-state index is -0.789. The molecule has 0 spiro atoms. The highest BCUT2D eigenvalue weighted by atomic mass is 35.5. The molecule has 2 aliphatic heterocycles. The van der Waals surface area contributed by atoms with E-state index in [1.54, 1.807) is 18.1 Å². The highest BCUT2D eigenvalue weighted by molar-refractivity contribution is 6.33. The lowest BCUT2D eigenvalue weighted by Crippen LogP contribution is -2.57. The van der Waals surface area contributed by atoms with Gasteiger partial charge in [0, 0.05) is 65.0 Å². The van der Waals surface area contributed by atoms with Crippen LogP contribution in [0.15, 0.2) is 6.20 Å². The minimum absolute atomic E-state index is 0.126. The number of carbonyl (C=O) groups excluding carboxylic acids is 1. The van der Waals surface area contributed by atoms with Gasteiger partial charge in [-0.25, -0.2) is 0 Å². The van der Waals surface area contributed by atoms with Crippen LogP contribution in [-0.4, -0.2) is 93.8 Å². The smallest absolute Gasteiger partial charge is 0.303 e. The van der Waals surface area contributed by atoms with Gasteiger partial charge < -0.3 is 14.9 Å². The summed E-state index contributed by atoms with van der Waals surface area (Å²) in [5.74, 6) is -0.814. The van der Waals surface area contributed by atoms with Gasteiger partial charge >= 0.3 is 5.97 Å². The van der Waals surface area contributed by atoms with Crippen molar-refractivity contribution in [2.75, 3.05) is 46.3 Å². The van der Waals surface area contributed by atoms with Crippen LogP contribution >= 0.6 is 11.6 Å². The van der Waals surface area contributed by atoms with Crippen molar-refractivity contribution in [1.29, 1.82) is 0 Å². The van der Waals surface area contributed by atoms with Crippen molar-refractivity contribution in [2.45, 2.75) is 25.3 Å². The fraction of sp³-hybridized carbons (Fsp3) is 0.722. The van der Waals surface area contributed by atoms with Gasteiger partial charge in [-0.05, 0) is 25.8 Å². The maximum absolute atomic E-state index is 12.9. The minimum Gasteiger partial charge on any atom is -0.481 e. The van der Waals surface area contributed by atoms with Gasteiger partial charge in [0.1, 0.15) is 0 Å². The summed E-state index contributed by atoms with van der Waals surface area (Å²) >= 11 is 6.14. The van der Waals surface area contributed by atoms with Crippen LogP contribution in [0.4, 0.5) is 0 Å². The molecule has 1 N–H and O–H groups in total. The molecule has 2 aliphatic rings. The zero-order chi connectivity index (χ0) is 19.6. The molecule has 27 heavy (non-hydrogen) atoms. The van der Waals surface area contributed by atoms with Crippen molar-refractivity contribution in [2.24, 2.45) is 13.0 Å². The molecule has 0 radical (unpaired) electrons. The fourth-order valence-corrected chi connectivity index (χ4v) is 4.45. The average molecular weight is 398 g/mol. The first-order valence-corrected chi connectivity index (χ1v) is 9.85. The van der Waals surface area contributed by atoms with Crippen LogP contribution in [0.2, 0.25) is 5.02 Å². The zero-order valence-electron chi connectivity index (χ0n) is 16.0. The number of carboxylic acid groups (broad SMARTS) is 1. The number of rotatable bonds is 5. The quantitative estimate of drug-likeness (QED) is 0.798. The summed E-state index contributed by atoms with van der Waals surface area (Å²) in [4.78, 5) is 30.6. The van der Waals surface area contributed by atoms with Crippen molar-refractivity contribution in [3.05, 3.63) is 16.9 Å². The standard InChI is InChI=1S/C18H28ClN5O3/c1-21-7-9-23(10-8-21)15-5-6-24(11-13(15)3-4-16(25)26)18(27)17-14(19)12-22(2)20-17/h12-13,15H,3-11H2,1-2H3,(H,25,26)/t13-,15+/m1/s1. The van der Waals surface area contributed by atoms with Crippen LogP contribution in [0.3, 0.4) is 0 Å². The number of amides is 1. The summed E-state index contributed by atoms with van der Waals surface area (Å²) in [5, 5.41) is 13.7. The zero-order valence-corrected chi connectivity index (χ0v) is 16.7. The van der Waals surface area contributed by atoms with Gasteiger partial charge in [-0.2, -0.15) is 5.10 Å². The molecule has 3 rings (SSSR count). The van der Waals surface area contributed by atoms with E-state index in [1.165, 1.54) is 4.68 Å². The lowest BCUT2D eigenvalue weighted by Gasteiger charge is -2.46. The summed E-state index contributed by atoms with van der Waals surface area (Å²) in [6, 6.07) is 0.321. The maximum atomic E-state index is 12.9. The van der Waals surface area contributed by atoms with Gasteiger partial charge in [-0.3, -0.25) is 19.2 Å². The first-order chi connectivity index (χ1) is 12.8. The molecule has 8 nitrogen and oxygen atoms in total. The molecule has 2 saturated heterocycles. The maximum Gasteiger partial charge on any atom is 0.303 e. The Labute approximate surface area is 164 Å². The summed E-state index contributed by atoms with van der Waals surface area (Å²) in [7, 11) is 3.86. The number of hydrogen-bond donors (Lipinski definition) is 1. The van der Waals surface area contributed by atoms with E-state index in [0.29, 0.717) is 30.6 Å². The topological polar surface area (TPSA) is 81.9 Å². The number of likely N-dealkylation sites (tertiary alicyclic amines) is 1. The number of carbonyl (C=O) groups is 2. The molecular weight excluding hydrogens is 370 g/mol. The summed E-state index contributed by atoms with van der Waals surface area (Å²) in [5.41, 5.74) is 0.272. The summed E-state index contributed by atoms with van der Waals surface area (Å²) in [6.07, 6.45) is 3.17. The molecule has 150 valence electrons. The third-order valence-corrected chi connectivity index (χ3v) is 5.98. The van der Waals surface area contributed by atoms with Gasteiger partial charge in [0.15, 0.2) is 5.69 Å². The molecule has 9 heteroatoms. The van der Waals surface area contributed by atoms with Gasteiger partial charge in [-0.15, -0.1) is 0 Å². The Morgan fingerprint density at radius 2 is 1.93 bits per heavy atom. The number of piperazine rings is 1. The molecule has 1 aromatic heterocycles. The fourth-order valence-electron chi connectivity index (χ4n) is 4.19. The largest absolute Gasteiger partial charge is 0.481 e. The van der Waals surface area contributed by atoms with E-state index in [1.807, 2.05) is 0 Å². The van der Waals surface area contributed by atoms with E-state index >= 15 is 0 Å². The number of carboxylic acids is 1.